The molecule has 1 saturated heterocycles. The highest BCUT2D eigenvalue weighted by Crippen LogP contribution is 2.26. The summed E-state index contributed by atoms with van der Waals surface area (Å²) in [6.07, 6.45) is 0. The lowest BCUT2D eigenvalue weighted by molar-refractivity contribution is 0.385. The Bertz CT molecular complexity index is 270. The smallest absolute Gasteiger partial charge is 0.0931 e. The van der Waals surface area contributed by atoms with Crippen LogP contribution in [0.4, 0.5) is 0 Å². The van der Waals surface area contributed by atoms with Crippen molar-refractivity contribution in [2.45, 2.75) is 5.75 Å². The quantitative estimate of drug-likeness (QED) is 0.859. The first-order chi connectivity index (χ1) is 6.34. The minimum atomic E-state index is 0.903. The van der Waals surface area contributed by atoms with E-state index in [9.17, 15) is 0 Å². The average molecular weight is 234 g/mol. The topological polar surface area (TPSA) is 12.0 Å². The second-order valence-electron chi connectivity index (χ2n) is 3.25. The second-order valence-corrected chi connectivity index (χ2v) is 6.08. The molecule has 1 aliphatic rings. The molecule has 72 valence electrons. The van der Waals surface area contributed by atoms with Crippen molar-refractivity contribution in [3.05, 3.63) is 21.3 Å². The van der Waals surface area contributed by atoms with E-state index < -0.39 is 0 Å². The summed E-state index contributed by atoms with van der Waals surface area (Å²) in [5, 5.41) is 3.28. The van der Waals surface area contributed by atoms with E-state index in [4.69, 9.17) is 11.6 Å². The fraction of sp³-hybridized carbons (Fsp3) is 0.556. The Morgan fingerprint density at radius 2 is 2.38 bits per heavy atom. The molecule has 1 fully saturated rings. The van der Waals surface area contributed by atoms with Gasteiger partial charge in [0.2, 0.25) is 0 Å². The molecule has 2 heterocycles. The minimum Gasteiger partial charge on any atom is -0.316 e. The van der Waals surface area contributed by atoms with Gasteiger partial charge in [-0.1, -0.05) is 11.6 Å². The normalized spacial score (nSPS) is 17.3. The molecule has 4 heteroatoms. The van der Waals surface area contributed by atoms with Gasteiger partial charge in [-0.3, -0.25) is 0 Å². The Kier molecular flexibility index (Phi) is 3.55. The van der Waals surface area contributed by atoms with Crippen molar-refractivity contribution in [1.29, 1.82) is 0 Å². The maximum atomic E-state index is 5.84. The second kappa shape index (κ2) is 4.69. The molecule has 1 aromatic rings. The number of halogens is 1. The number of thioether (sulfide) groups is 1. The highest BCUT2D eigenvalue weighted by molar-refractivity contribution is 7.98. The Balaban J connectivity index is 1.67. The van der Waals surface area contributed by atoms with Crippen LogP contribution in [0.1, 0.15) is 4.88 Å². The lowest BCUT2D eigenvalue weighted by Crippen LogP contribution is -2.43. The summed E-state index contributed by atoms with van der Waals surface area (Å²) in [6.45, 7) is 2.41. The molecule has 1 nitrogen and oxygen atoms in total. The fourth-order valence-electron chi connectivity index (χ4n) is 1.22. The van der Waals surface area contributed by atoms with Crippen LogP contribution in [0, 0.1) is 5.92 Å². The van der Waals surface area contributed by atoms with Gasteiger partial charge in [0.05, 0.1) is 4.34 Å². The van der Waals surface area contributed by atoms with Gasteiger partial charge in [0.25, 0.3) is 0 Å². The lowest BCUT2D eigenvalue weighted by atomic mass is 10.1. The van der Waals surface area contributed by atoms with Crippen LogP contribution in [0.25, 0.3) is 0 Å². The maximum Gasteiger partial charge on any atom is 0.0931 e. The van der Waals surface area contributed by atoms with E-state index in [0.29, 0.717) is 0 Å². The van der Waals surface area contributed by atoms with Crippen LogP contribution >= 0.6 is 34.7 Å². The minimum absolute atomic E-state index is 0.903. The molecule has 0 saturated carbocycles. The molecule has 2 rings (SSSR count). The number of nitrogens with one attached hydrogen (secondary N) is 1. The van der Waals surface area contributed by atoms with Gasteiger partial charge in [-0.05, 0) is 36.9 Å². The summed E-state index contributed by atoms with van der Waals surface area (Å²) < 4.78 is 0.904. The van der Waals surface area contributed by atoms with Crippen LogP contribution in [-0.4, -0.2) is 18.8 Å². The van der Waals surface area contributed by atoms with Crippen LogP contribution in [0.15, 0.2) is 12.1 Å². The molecule has 1 N–H and O–H groups in total. The third-order valence-corrected chi connectivity index (χ3v) is 4.73. The van der Waals surface area contributed by atoms with Crippen molar-refractivity contribution in [3.63, 3.8) is 0 Å². The van der Waals surface area contributed by atoms with Crippen LogP contribution in [0.2, 0.25) is 4.34 Å². The number of hydrogen-bond donors (Lipinski definition) is 1. The van der Waals surface area contributed by atoms with Crippen molar-refractivity contribution in [3.8, 4) is 0 Å². The molecular formula is C9H12ClNS2. The predicted octanol–water partition coefficient (Wildman–Crippen LogP) is 2.85. The van der Waals surface area contributed by atoms with Crippen molar-refractivity contribution in [2.24, 2.45) is 5.92 Å². The van der Waals surface area contributed by atoms with E-state index in [1.54, 1.807) is 11.3 Å². The Morgan fingerprint density at radius 1 is 1.54 bits per heavy atom. The highest BCUT2D eigenvalue weighted by Gasteiger charge is 2.15. The van der Waals surface area contributed by atoms with Crippen molar-refractivity contribution in [2.75, 3.05) is 18.8 Å². The molecule has 0 spiro atoms. The monoisotopic (exact) mass is 233 g/mol. The molecule has 1 aliphatic heterocycles. The van der Waals surface area contributed by atoms with Crippen LogP contribution in [0.3, 0.4) is 0 Å². The predicted molar refractivity (Wildman–Crippen MR) is 61.9 cm³/mol. The van der Waals surface area contributed by atoms with Gasteiger partial charge in [-0.2, -0.15) is 11.8 Å². The summed E-state index contributed by atoms with van der Waals surface area (Å²) >= 11 is 9.55. The number of hydrogen-bond acceptors (Lipinski definition) is 3. The van der Waals surface area contributed by atoms with Gasteiger partial charge in [0.1, 0.15) is 0 Å². The van der Waals surface area contributed by atoms with E-state index in [1.165, 1.54) is 23.7 Å². The standard InChI is InChI=1S/C9H12ClNS2/c10-9-2-1-8(13-9)6-12-5-7-3-11-4-7/h1-2,7,11H,3-6H2. The van der Waals surface area contributed by atoms with Gasteiger partial charge < -0.3 is 5.32 Å². The van der Waals surface area contributed by atoms with E-state index in [2.05, 4.69) is 11.4 Å². The Hall–Kier alpha value is 0.300. The van der Waals surface area contributed by atoms with Gasteiger partial charge in [0.15, 0.2) is 0 Å². The highest BCUT2D eigenvalue weighted by atomic mass is 35.5. The maximum absolute atomic E-state index is 5.84. The van der Waals surface area contributed by atoms with E-state index in [1.807, 2.05) is 17.8 Å². The zero-order valence-corrected chi connectivity index (χ0v) is 9.64. The summed E-state index contributed by atoms with van der Waals surface area (Å²) in [6, 6.07) is 4.10. The summed E-state index contributed by atoms with van der Waals surface area (Å²) in [5.41, 5.74) is 0. The summed E-state index contributed by atoms with van der Waals surface area (Å²) in [7, 11) is 0. The van der Waals surface area contributed by atoms with Gasteiger partial charge in [-0.15, -0.1) is 11.3 Å². The lowest BCUT2D eigenvalue weighted by Gasteiger charge is -2.26. The van der Waals surface area contributed by atoms with Crippen LogP contribution < -0.4 is 5.32 Å². The first-order valence-corrected chi connectivity index (χ1v) is 6.72. The van der Waals surface area contributed by atoms with Gasteiger partial charge >= 0.3 is 0 Å². The molecule has 0 radical (unpaired) electrons. The van der Waals surface area contributed by atoms with E-state index >= 15 is 0 Å². The van der Waals surface area contributed by atoms with Gasteiger partial charge in [-0.25, -0.2) is 0 Å². The van der Waals surface area contributed by atoms with E-state index in [0.717, 1.165) is 16.0 Å². The SMILES string of the molecule is Clc1ccc(CSCC2CNC2)s1. The zero-order valence-electron chi connectivity index (χ0n) is 7.25. The molecule has 1 aromatic heterocycles. The van der Waals surface area contributed by atoms with Crippen molar-refractivity contribution in [1.82, 2.24) is 5.32 Å². The first-order valence-electron chi connectivity index (χ1n) is 4.37. The van der Waals surface area contributed by atoms with Crippen molar-refractivity contribution < 1.29 is 0 Å². The molecule has 0 unspecified atom stereocenters. The molecule has 0 amide bonds. The van der Waals surface area contributed by atoms with Crippen LogP contribution in [0.5, 0.6) is 0 Å². The molecule has 0 bridgehead atoms. The number of rotatable bonds is 4. The average Bonchev–Trinajstić information content (AvgIpc) is 2.42. The molecule has 0 atom stereocenters. The zero-order chi connectivity index (χ0) is 9.10. The fourth-order valence-corrected chi connectivity index (χ4v) is 3.57. The largest absolute Gasteiger partial charge is 0.316 e. The summed E-state index contributed by atoms with van der Waals surface area (Å²) in [5.74, 6) is 3.30. The molecular weight excluding hydrogens is 222 g/mol. The van der Waals surface area contributed by atoms with Gasteiger partial charge in [0, 0.05) is 10.6 Å². The van der Waals surface area contributed by atoms with Crippen LogP contribution in [-0.2, 0) is 5.75 Å². The Labute approximate surface area is 91.9 Å². The molecule has 13 heavy (non-hydrogen) atoms. The van der Waals surface area contributed by atoms with E-state index in [-0.39, 0.29) is 0 Å². The molecule has 0 aliphatic carbocycles. The molecule has 0 aromatic carbocycles. The third-order valence-electron chi connectivity index (χ3n) is 2.09. The Morgan fingerprint density at radius 3 is 2.92 bits per heavy atom. The first kappa shape index (κ1) is 9.84. The summed E-state index contributed by atoms with van der Waals surface area (Å²) in [4.78, 5) is 1.39. The number of thiophene rings is 1. The third kappa shape index (κ3) is 2.88. The van der Waals surface area contributed by atoms with Crippen molar-refractivity contribution >= 4 is 34.7 Å².